The lowest BCUT2D eigenvalue weighted by atomic mass is 9.87. The Morgan fingerprint density at radius 2 is 2.11 bits per heavy atom. The highest BCUT2D eigenvalue weighted by Gasteiger charge is 2.32. The first kappa shape index (κ1) is 14.2. The molecule has 0 aliphatic carbocycles. The third-order valence-electron chi connectivity index (χ3n) is 3.04. The highest BCUT2D eigenvalue weighted by Crippen LogP contribution is 2.33. The van der Waals surface area contributed by atoms with Crippen molar-refractivity contribution in [3.8, 4) is 5.75 Å². The average molecular weight is 251 g/mol. The lowest BCUT2D eigenvalue weighted by molar-refractivity contribution is -0.527. The van der Waals surface area contributed by atoms with Crippen molar-refractivity contribution < 1.29 is 14.5 Å². The lowest BCUT2D eigenvalue weighted by Crippen LogP contribution is -2.27. The summed E-state index contributed by atoms with van der Waals surface area (Å²) in [5, 5.41) is 11.1. The van der Waals surface area contributed by atoms with E-state index in [0.717, 1.165) is 11.8 Å². The molecular formula is C13H17NO4. The first-order valence-electron chi connectivity index (χ1n) is 5.85. The Bertz CT molecular complexity index is 419. The number of nitrogens with zero attached hydrogens (tertiary/aromatic N) is 1. The van der Waals surface area contributed by atoms with Crippen molar-refractivity contribution in [2.45, 2.75) is 31.7 Å². The molecule has 0 unspecified atom stereocenters. The fourth-order valence-electron chi connectivity index (χ4n) is 2.15. The molecule has 0 fully saturated rings. The quantitative estimate of drug-likeness (QED) is 0.424. The van der Waals surface area contributed by atoms with Crippen molar-refractivity contribution in [1.29, 1.82) is 0 Å². The van der Waals surface area contributed by atoms with E-state index >= 15 is 0 Å². The number of rotatable bonds is 7. The van der Waals surface area contributed by atoms with Crippen LogP contribution in [0.1, 0.15) is 31.2 Å². The van der Waals surface area contributed by atoms with Crippen molar-refractivity contribution in [2.24, 2.45) is 0 Å². The Kier molecular flexibility index (Phi) is 5.30. The second kappa shape index (κ2) is 6.74. The van der Waals surface area contributed by atoms with Gasteiger partial charge in [-0.25, -0.2) is 0 Å². The van der Waals surface area contributed by atoms with Crippen molar-refractivity contribution in [3.05, 3.63) is 39.9 Å². The number of carbonyl (C=O) groups excluding carboxylic acids is 1. The number of para-hydroxylation sites is 1. The third-order valence-corrected chi connectivity index (χ3v) is 3.04. The number of methoxy groups -OCH3 is 1. The molecule has 5 nitrogen and oxygen atoms in total. The van der Waals surface area contributed by atoms with Gasteiger partial charge in [0.05, 0.1) is 13.0 Å². The van der Waals surface area contributed by atoms with Crippen LogP contribution in [0.4, 0.5) is 0 Å². The standard InChI is InChI=1S/C13H17NO4/c1-3-12(14(16)17)10(8-9-15)11-6-4-5-7-13(11)18-2/h4-7,9-10,12H,3,8H2,1-2H3/t10-,12+/m0/s1. The normalized spacial score (nSPS) is 13.7. The van der Waals surface area contributed by atoms with Gasteiger partial charge < -0.3 is 9.53 Å². The summed E-state index contributed by atoms with van der Waals surface area (Å²) >= 11 is 0. The van der Waals surface area contributed by atoms with Crippen LogP contribution >= 0.6 is 0 Å². The lowest BCUT2D eigenvalue weighted by Gasteiger charge is -2.20. The molecule has 0 aliphatic rings. The molecule has 0 amide bonds. The number of hydrogen-bond donors (Lipinski definition) is 0. The molecule has 0 radical (unpaired) electrons. The van der Waals surface area contributed by atoms with Crippen LogP contribution < -0.4 is 4.74 Å². The van der Waals surface area contributed by atoms with Crippen molar-refractivity contribution >= 4 is 6.29 Å². The van der Waals surface area contributed by atoms with Gasteiger partial charge >= 0.3 is 0 Å². The number of carbonyl (C=O) groups is 1. The largest absolute Gasteiger partial charge is 0.496 e. The minimum absolute atomic E-state index is 0.125. The highest BCUT2D eigenvalue weighted by molar-refractivity contribution is 5.53. The summed E-state index contributed by atoms with van der Waals surface area (Å²) in [6.07, 6.45) is 1.23. The van der Waals surface area contributed by atoms with Gasteiger partial charge in [0, 0.05) is 23.3 Å². The first-order chi connectivity index (χ1) is 8.65. The molecule has 18 heavy (non-hydrogen) atoms. The Morgan fingerprint density at radius 1 is 1.44 bits per heavy atom. The highest BCUT2D eigenvalue weighted by atomic mass is 16.6. The smallest absolute Gasteiger partial charge is 0.220 e. The molecule has 5 heteroatoms. The Labute approximate surface area is 106 Å². The van der Waals surface area contributed by atoms with E-state index in [1.165, 1.54) is 7.11 Å². The minimum atomic E-state index is -0.772. The number of benzene rings is 1. The second-order valence-corrected chi connectivity index (χ2v) is 4.01. The third kappa shape index (κ3) is 3.06. The van der Waals surface area contributed by atoms with Crippen LogP contribution in [0.2, 0.25) is 0 Å². The first-order valence-corrected chi connectivity index (χ1v) is 5.85. The van der Waals surface area contributed by atoms with E-state index in [9.17, 15) is 14.9 Å². The number of aldehydes is 1. The molecule has 1 aromatic rings. The number of hydrogen-bond acceptors (Lipinski definition) is 4. The molecule has 0 saturated carbocycles. The van der Waals surface area contributed by atoms with E-state index in [-0.39, 0.29) is 11.3 Å². The molecule has 0 aliphatic heterocycles. The van der Waals surface area contributed by atoms with E-state index < -0.39 is 12.0 Å². The molecule has 0 bridgehead atoms. The summed E-state index contributed by atoms with van der Waals surface area (Å²) < 4.78 is 5.21. The molecule has 0 saturated heterocycles. The predicted molar refractivity (Wildman–Crippen MR) is 67.5 cm³/mol. The zero-order valence-electron chi connectivity index (χ0n) is 10.5. The summed E-state index contributed by atoms with van der Waals surface area (Å²) in [4.78, 5) is 21.5. The van der Waals surface area contributed by atoms with Crippen molar-refractivity contribution in [3.63, 3.8) is 0 Å². The maximum absolute atomic E-state index is 11.1. The van der Waals surface area contributed by atoms with E-state index in [2.05, 4.69) is 0 Å². The van der Waals surface area contributed by atoms with Gasteiger partial charge in [0.1, 0.15) is 12.0 Å². The van der Waals surface area contributed by atoms with Gasteiger partial charge in [-0.15, -0.1) is 0 Å². The van der Waals surface area contributed by atoms with Gasteiger partial charge in [-0.1, -0.05) is 25.1 Å². The van der Waals surface area contributed by atoms with Gasteiger partial charge in [-0.05, 0) is 6.07 Å². The monoisotopic (exact) mass is 251 g/mol. The summed E-state index contributed by atoms with van der Waals surface area (Å²) in [7, 11) is 1.52. The molecule has 0 spiro atoms. The Hall–Kier alpha value is -1.91. The van der Waals surface area contributed by atoms with Crippen LogP contribution in [0.15, 0.2) is 24.3 Å². The van der Waals surface area contributed by atoms with Crippen LogP contribution in [0, 0.1) is 10.1 Å². The fourth-order valence-corrected chi connectivity index (χ4v) is 2.15. The van der Waals surface area contributed by atoms with Crippen molar-refractivity contribution in [2.75, 3.05) is 7.11 Å². The molecule has 0 aromatic heterocycles. The fraction of sp³-hybridized carbons (Fsp3) is 0.462. The van der Waals surface area contributed by atoms with Crippen LogP contribution in [0.5, 0.6) is 5.75 Å². The second-order valence-electron chi connectivity index (χ2n) is 4.01. The maximum Gasteiger partial charge on any atom is 0.220 e. The van der Waals surface area contributed by atoms with Crippen LogP contribution in [0.3, 0.4) is 0 Å². The van der Waals surface area contributed by atoms with Gasteiger partial charge in [-0.2, -0.15) is 0 Å². The molecule has 2 atom stereocenters. The SMILES string of the molecule is CC[C@H]([C@@H](CC=O)c1ccccc1OC)[N+](=O)[O-]. The van der Waals surface area contributed by atoms with Gasteiger partial charge in [0.15, 0.2) is 0 Å². The Balaban J connectivity index is 3.17. The minimum Gasteiger partial charge on any atom is -0.496 e. The van der Waals surface area contributed by atoms with E-state index in [1.54, 1.807) is 31.2 Å². The van der Waals surface area contributed by atoms with E-state index in [4.69, 9.17) is 4.74 Å². The molecule has 98 valence electrons. The summed E-state index contributed by atoms with van der Waals surface area (Å²) in [6, 6.07) is 6.35. The topological polar surface area (TPSA) is 69.4 Å². The zero-order valence-corrected chi connectivity index (χ0v) is 10.5. The van der Waals surface area contributed by atoms with Gasteiger partial charge in [0.25, 0.3) is 0 Å². The van der Waals surface area contributed by atoms with Crippen LogP contribution in [-0.2, 0) is 4.79 Å². The molecule has 0 heterocycles. The molecule has 1 aromatic carbocycles. The van der Waals surface area contributed by atoms with Gasteiger partial charge in [0.2, 0.25) is 6.04 Å². The van der Waals surface area contributed by atoms with E-state index in [1.807, 2.05) is 0 Å². The molecule has 1 rings (SSSR count). The van der Waals surface area contributed by atoms with E-state index in [0.29, 0.717) is 12.2 Å². The zero-order chi connectivity index (χ0) is 13.5. The predicted octanol–water partition coefficient (Wildman–Crippen LogP) is 2.42. The summed E-state index contributed by atoms with van der Waals surface area (Å²) in [6.45, 7) is 1.75. The molecular weight excluding hydrogens is 234 g/mol. The summed E-state index contributed by atoms with van der Waals surface area (Å²) in [5.74, 6) is 0.142. The summed E-state index contributed by atoms with van der Waals surface area (Å²) in [5.41, 5.74) is 0.718. The van der Waals surface area contributed by atoms with Crippen molar-refractivity contribution in [1.82, 2.24) is 0 Å². The Morgan fingerprint density at radius 3 is 2.61 bits per heavy atom. The maximum atomic E-state index is 11.1. The number of nitro groups is 1. The molecule has 0 N–H and O–H groups in total. The average Bonchev–Trinajstić information content (AvgIpc) is 2.38. The van der Waals surface area contributed by atoms with Crippen LogP contribution in [0.25, 0.3) is 0 Å². The van der Waals surface area contributed by atoms with Crippen LogP contribution in [-0.4, -0.2) is 24.4 Å². The van der Waals surface area contributed by atoms with Gasteiger partial charge in [-0.3, -0.25) is 10.1 Å². The number of ether oxygens (including phenoxy) is 1.